The number of hydrogen-bond acceptors (Lipinski definition) is 5. The van der Waals surface area contributed by atoms with Crippen LogP contribution in [0.2, 0.25) is 0 Å². The van der Waals surface area contributed by atoms with Gasteiger partial charge in [-0.1, -0.05) is 17.7 Å². The van der Waals surface area contributed by atoms with Crippen molar-refractivity contribution < 1.29 is 10.0 Å². The van der Waals surface area contributed by atoms with Crippen LogP contribution < -0.4 is 5.32 Å². The fourth-order valence-electron chi connectivity index (χ4n) is 1.49. The lowest BCUT2D eigenvalue weighted by Gasteiger charge is -2.10. The first-order valence-corrected chi connectivity index (χ1v) is 5.50. The third kappa shape index (κ3) is 3.92. The first-order chi connectivity index (χ1) is 9.12. The van der Waals surface area contributed by atoms with Crippen LogP contribution in [0.15, 0.2) is 38.9 Å². The average molecular weight is 258 g/mol. The van der Waals surface area contributed by atoms with Crippen LogP contribution in [0, 0.1) is 12.5 Å². The molecule has 98 valence electrons. The number of terminal acetylenes is 1. The minimum absolute atomic E-state index is 0.0433. The number of oxime groups is 1. The van der Waals surface area contributed by atoms with Crippen LogP contribution in [0.25, 0.3) is 0 Å². The highest BCUT2D eigenvalue weighted by atomic mass is 16.4. The standard InChI is InChI=1S/C13H14N4O2/c1-4-15-9(2)16-13(14-3)10-6-5-7-12(18)11(8-10)17-19/h1,5,7-8,19H,6H2,2-3H3,(H,14,15,16). The molecule has 19 heavy (non-hydrogen) atoms. The summed E-state index contributed by atoms with van der Waals surface area (Å²) < 4.78 is 0. The van der Waals surface area contributed by atoms with Crippen LogP contribution in [0.4, 0.5) is 0 Å². The minimum Gasteiger partial charge on any atom is -0.410 e. The topological polar surface area (TPSA) is 86.4 Å². The smallest absolute Gasteiger partial charge is 0.207 e. The van der Waals surface area contributed by atoms with Gasteiger partial charge in [-0.2, -0.15) is 4.99 Å². The van der Waals surface area contributed by atoms with Crippen molar-refractivity contribution in [3.05, 3.63) is 23.8 Å². The van der Waals surface area contributed by atoms with Gasteiger partial charge in [-0.3, -0.25) is 9.79 Å². The van der Waals surface area contributed by atoms with Crippen LogP contribution in [-0.2, 0) is 4.79 Å². The Kier molecular flexibility index (Phi) is 5.23. The minimum atomic E-state index is -0.359. The van der Waals surface area contributed by atoms with E-state index in [0.717, 1.165) is 0 Å². The molecule has 0 aromatic rings. The number of allylic oxidation sites excluding steroid dienone is 3. The monoisotopic (exact) mass is 258 g/mol. The van der Waals surface area contributed by atoms with Crippen molar-refractivity contribution in [3.63, 3.8) is 0 Å². The third-order valence-electron chi connectivity index (χ3n) is 2.34. The van der Waals surface area contributed by atoms with Crippen molar-refractivity contribution in [1.29, 1.82) is 0 Å². The van der Waals surface area contributed by atoms with Crippen molar-refractivity contribution >= 4 is 23.2 Å². The summed E-state index contributed by atoms with van der Waals surface area (Å²) in [5.74, 6) is 0.657. The molecule has 1 rings (SSSR count). The molecule has 0 aromatic carbocycles. The molecule has 0 atom stereocenters. The van der Waals surface area contributed by atoms with E-state index in [1.54, 1.807) is 20.0 Å². The molecule has 0 aromatic heterocycles. The number of rotatable bonds is 1. The molecule has 0 amide bonds. The Morgan fingerprint density at radius 3 is 2.89 bits per heavy atom. The van der Waals surface area contributed by atoms with Crippen LogP contribution >= 0.6 is 0 Å². The molecule has 0 aliphatic heterocycles. The van der Waals surface area contributed by atoms with Crippen LogP contribution in [-0.4, -0.2) is 35.4 Å². The van der Waals surface area contributed by atoms with Gasteiger partial charge in [-0.15, -0.1) is 0 Å². The number of nitrogens with zero attached hydrogens (tertiary/aromatic N) is 3. The summed E-state index contributed by atoms with van der Waals surface area (Å²) in [5, 5.41) is 14.7. The highest BCUT2D eigenvalue weighted by Crippen LogP contribution is 2.10. The molecular weight excluding hydrogens is 244 g/mol. The van der Waals surface area contributed by atoms with Gasteiger partial charge in [0.05, 0.1) is 0 Å². The molecule has 1 aliphatic carbocycles. The maximum atomic E-state index is 11.5. The van der Waals surface area contributed by atoms with Gasteiger partial charge in [-0.05, 0) is 25.5 Å². The number of carbonyl (C=O) groups excluding carboxylic acids is 1. The number of amidine groups is 2. The zero-order chi connectivity index (χ0) is 14.3. The quantitative estimate of drug-likeness (QED) is 0.241. The van der Waals surface area contributed by atoms with E-state index < -0.39 is 0 Å². The summed E-state index contributed by atoms with van der Waals surface area (Å²) in [5.41, 5.74) is 0.655. The number of nitrogens with one attached hydrogen (secondary N) is 1. The zero-order valence-corrected chi connectivity index (χ0v) is 10.7. The second-order valence-electron chi connectivity index (χ2n) is 3.65. The molecule has 1 aliphatic rings. The van der Waals surface area contributed by atoms with E-state index in [1.165, 1.54) is 12.2 Å². The molecule has 2 N–H and O–H groups in total. The molecule has 6 nitrogen and oxygen atoms in total. The lowest BCUT2D eigenvalue weighted by molar-refractivity contribution is -0.108. The molecule has 0 spiro atoms. The van der Waals surface area contributed by atoms with E-state index in [4.69, 9.17) is 11.6 Å². The van der Waals surface area contributed by atoms with Gasteiger partial charge < -0.3 is 10.5 Å². The maximum Gasteiger partial charge on any atom is 0.207 e. The van der Waals surface area contributed by atoms with E-state index in [9.17, 15) is 4.79 Å². The predicted octanol–water partition coefficient (Wildman–Crippen LogP) is 0.899. The molecule has 0 saturated heterocycles. The van der Waals surface area contributed by atoms with Crippen LogP contribution in [0.1, 0.15) is 13.3 Å². The molecule has 0 bridgehead atoms. The summed E-state index contributed by atoms with van der Waals surface area (Å²) in [4.78, 5) is 19.3. The van der Waals surface area contributed by atoms with Gasteiger partial charge >= 0.3 is 0 Å². The van der Waals surface area contributed by atoms with Gasteiger partial charge in [0.2, 0.25) is 5.78 Å². The average Bonchev–Trinajstić information content (AvgIpc) is 2.58. The Morgan fingerprint density at radius 1 is 1.58 bits per heavy atom. The summed E-state index contributed by atoms with van der Waals surface area (Å²) in [7, 11) is 1.60. The third-order valence-corrected chi connectivity index (χ3v) is 2.34. The van der Waals surface area contributed by atoms with Gasteiger partial charge in [0, 0.05) is 18.7 Å². The van der Waals surface area contributed by atoms with E-state index in [-0.39, 0.29) is 11.5 Å². The second kappa shape index (κ2) is 6.91. The first kappa shape index (κ1) is 14.4. The Hall–Kier alpha value is -2.68. The first-order valence-electron chi connectivity index (χ1n) is 5.50. The van der Waals surface area contributed by atoms with Gasteiger partial charge in [0.15, 0.2) is 0 Å². The number of aliphatic imine (C=N–C) groups is 2. The molecule has 0 saturated carbocycles. The number of ketones is 1. The number of carbonyl (C=O) groups is 1. The summed E-state index contributed by atoms with van der Waals surface area (Å²) in [6.45, 7) is 1.70. The Morgan fingerprint density at radius 2 is 2.32 bits per heavy atom. The van der Waals surface area contributed by atoms with Crippen molar-refractivity contribution in [2.24, 2.45) is 15.1 Å². The highest BCUT2D eigenvalue weighted by Gasteiger charge is 2.15. The fourth-order valence-corrected chi connectivity index (χ4v) is 1.49. The molecule has 0 unspecified atom stereocenters. The molecule has 0 radical (unpaired) electrons. The van der Waals surface area contributed by atoms with Gasteiger partial charge in [0.1, 0.15) is 17.4 Å². The Balaban J connectivity index is 3.06. The molecular formula is C13H14N4O2. The zero-order valence-electron chi connectivity index (χ0n) is 10.7. The SMILES string of the molecule is C#CN=C(C)NC(=NC)C1=CC(=NO)C(=O)C=CC1. The Bertz CT molecular complexity index is 560. The van der Waals surface area contributed by atoms with E-state index in [2.05, 4.69) is 26.5 Å². The maximum absolute atomic E-state index is 11.5. The predicted molar refractivity (Wildman–Crippen MR) is 74.5 cm³/mol. The largest absolute Gasteiger partial charge is 0.410 e. The lowest BCUT2D eigenvalue weighted by Crippen LogP contribution is -2.30. The number of hydrogen-bond donors (Lipinski definition) is 2. The van der Waals surface area contributed by atoms with E-state index in [1.807, 2.05) is 0 Å². The van der Waals surface area contributed by atoms with Crippen LogP contribution in [0.3, 0.4) is 0 Å². The van der Waals surface area contributed by atoms with Crippen LogP contribution in [0.5, 0.6) is 0 Å². The normalized spacial score (nSPS) is 18.9. The molecule has 0 fully saturated rings. The molecule has 6 heteroatoms. The van der Waals surface area contributed by atoms with Crippen molar-refractivity contribution in [2.45, 2.75) is 13.3 Å². The second-order valence-corrected chi connectivity index (χ2v) is 3.65. The van der Waals surface area contributed by atoms with Crippen molar-refractivity contribution in [3.8, 4) is 12.5 Å². The van der Waals surface area contributed by atoms with Gasteiger partial charge in [-0.25, -0.2) is 0 Å². The highest BCUT2D eigenvalue weighted by molar-refractivity contribution is 6.48. The van der Waals surface area contributed by atoms with Crippen molar-refractivity contribution in [1.82, 2.24) is 5.32 Å². The molecule has 0 heterocycles. The van der Waals surface area contributed by atoms with E-state index >= 15 is 0 Å². The summed E-state index contributed by atoms with van der Waals surface area (Å²) >= 11 is 0. The summed E-state index contributed by atoms with van der Waals surface area (Å²) in [6.07, 6.45) is 10.1. The lowest BCUT2D eigenvalue weighted by atomic mass is 10.1. The fraction of sp³-hybridized carbons (Fsp3) is 0.231. The summed E-state index contributed by atoms with van der Waals surface area (Å²) in [6, 6.07) is 2.16. The van der Waals surface area contributed by atoms with Crippen molar-refractivity contribution in [2.75, 3.05) is 7.05 Å². The Labute approximate surface area is 111 Å². The van der Waals surface area contributed by atoms with E-state index in [0.29, 0.717) is 23.7 Å². The van der Waals surface area contributed by atoms with Gasteiger partial charge in [0.25, 0.3) is 0 Å².